The van der Waals surface area contributed by atoms with Crippen LogP contribution in [-0.4, -0.2) is 24.4 Å². The Morgan fingerprint density at radius 2 is 2.50 bits per heavy atom. The number of hydrogen-bond donors (Lipinski definition) is 1. The molecule has 88 valence electrons. The summed E-state index contributed by atoms with van der Waals surface area (Å²) < 4.78 is 5.71. The van der Waals surface area contributed by atoms with Crippen LogP contribution in [0.5, 0.6) is 0 Å². The number of carbonyl (C=O) groups excluding carboxylic acids is 1. The highest BCUT2D eigenvalue weighted by Crippen LogP contribution is 2.32. The van der Waals surface area contributed by atoms with Crippen molar-refractivity contribution in [1.82, 2.24) is 5.32 Å². The maximum absolute atomic E-state index is 11.2. The zero-order valence-corrected chi connectivity index (χ0v) is 10.1. The lowest BCUT2D eigenvalue weighted by molar-refractivity contribution is -0.119. The number of fused-ring (bicyclic) bond motifs is 1. The molecule has 2 rings (SSSR count). The minimum atomic E-state index is -0.129. The second-order valence-corrected chi connectivity index (χ2v) is 4.56. The lowest BCUT2D eigenvalue weighted by Crippen LogP contribution is -2.41. The molecular formula is C12H16ClNO2. The van der Waals surface area contributed by atoms with Crippen LogP contribution >= 0.6 is 11.6 Å². The van der Waals surface area contributed by atoms with Crippen LogP contribution in [0.3, 0.4) is 0 Å². The van der Waals surface area contributed by atoms with Gasteiger partial charge >= 0.3 is 0 Å². The molecule has 1 atom stereocenters. The largest absolute Gasteiger partial charge is 0.491 e. The average molecular weight is 242 g/mol. The average Bonchev–Trinajstić information content (AvgIpc) is 2.29. The zero-order valence-electron chi connectivity index (χ0n) is 9.38. The molecule has 1 saturated heterocycles. The van der Waals surface area contributed by atoms with Crippen LogP contribution < -0.4 is 5.32 Å². The summed E-state index contributed by atoms with van der Waals surface area (Å²) in [4.78, 5) is 11.2. The van der Waals surface area contributed by atoms with Crippen LogP contribution in [0.15, 0.2) is 23.0 Å². The van der Waals surface area contributed by atoms with Crippen molar-refractivity contribution in [2.24, 2.45) is 0 Å². The standard InChI is InChI=1S/C12H16ClNO2/c1-8-3-2-4-9-5-10(7-16-12(8)9)14-11(15)6-13/h4,10H,2-3,5-7H2,1H3,(H,14,15). The number of alkyl halides is 1. The molecule has 4 heteroatoms. The van der Waals surface area contributed by atoms with Crippen molar-refractivity contribution in [1.29, 1.82) is 0 Å². The molecule has 1 heterocycles. The highest BCUT2D eigenvalue weighted by atomic mass is 35.5. The Labute approximate surface area is 100 Å². The third-order valence-electron chi connectivity index (χ3n) is 2.97. The van der Waals surface area contributed by atoms with Crippen LogP contribution in [0, 0.1) is 0 Å². The summed E-state index contributed by atoms with van der Waals surface area (Å²) in [7, 11) is 0. The van der Waals surface area contributed by atoms with E-state index in [-0.39, 0.29) is 17.8 Å². The topological polar surface area (TPSA) is 38.3 Å². The molecular weight excluding hydrogens is 226 g/mol. The second kappa shape index (κ2) is 4.91. The summed E-state index contributed by atoms with van der Waals surface area (Å²) in [5.74, 6) is 0.926. The number of rotatable bonds is 2. The first-order valence-electron chi connectivity index (χ1n) is 5.58. The number of carbonyl (C=O) groups is 1. The monoisotopic (exact) mass is 241 g/mol. The summed E-state index contributed by atoms with van der Waals surface area (Å²) in [6.45, 7) is 2.66. The van der Waals surface area contributed by atoms with E-state index in [4.69, 9.17) is 16.3 Å². The van der Waals surface area contributed by atoms with Gasteiger partial charge in [0.15, 0.2) is 0 Å². The predicted octanol–water partition coefficient (Wildman–Crippen LogP) is 2.12. The molecule has 2 aliphatic rings. The van der Waals surface area contributed by atoms with Gasteiger partial charge in [0.25, 0.3) is 0 Å². The van der Waals surface area contributed by atoms with Crippen molar-refractivity contribution in [3.05, 3.63) is 23.0 Å². The van der Waals surface area contributed by atoms with Crippen LogP contribution in [0.25, 0.3) is 0 Å². The smallest absolute Gasteiger partial charge is 0.235 e. The Hall–Kier alpha value is -0.960. The Bertz CT molecular complexity index is 360. The molecule has 0 aromatic heterocycles. The second-order valence-electron chi connectivity index (χ2n) is 4.29. The van der Waals surface area contributed by atoms with Crippen molar-refractivity contribution >= 4 is 17.5 Å². The Kier molecular flexibility index (Phi) is 3.54. The van der Waals surface area contributed by atoms with Crippen LogP contribution in [0.1, 0.15) is 26.2 Å². The van der Waals surface area contributed by atoms with Gasteiger partial charge < -0.3 is 10.1 Å². The predicted molar refractivity (Wildman–Crippen MR) is 63.2 cm³/mol. The van der Waals surface area contributed by atoms with Crippen molar-refractivity contribution < 1.29 is 9.53 Å². The first-order valence-corrected chi connectivity index (χ1v) is 6.11. The molecule has 0 aromatic carbocycles. The quantitative estimate of drug-likeness (QED) is 0.753. The van der Waals surface area contributed by atoms with Crippen molar-refractivity contribution in [3.63, 3.8) is 0 Å². The molecule has 1 aliphatic carbocycles. The van der Waals surface area contributed by atoms with Crippen molar-refractivity contribution in [3.8, 4) is 0 Å². The molecule has 0 spiro atoms. The minimum absolute atomic E-state index is 0.0112. The number of halogens is 1. The first kappa shape index (κ1) is 11.5. The van der Waals surface area contributed by atoms with Gasteiger partial charge in [0, 0.05) is 0 Å². The SMILES string of the molecule is CC1=C2OCC(NC(=O)CCl)CC2=CCC1. The fourth-order valence-corrected chi connectivity index (χ4v) is 2.28. The number of hydrogen-bond acceptors (Lipinski definition) is 2. The van der Waals surface area contributed by atoms with Gasteiger partial charge in [0.05, 0.1) is 6.04 Å². The minimum Gasteiger partial charge on any atom is -0.491 e. The fourth-order valence-electron chi connectivity index (χ4n) is 2.20. The van der Waals surface area contributed by atoms with E-state index in [9.17, 15) is 4.79 Å². The summed E-state index contributed by atoms with van der Waals surface area (Å²) in [6.07, 6.45) is 5.22. The van der Waals surface area contributed by atoms with Gasteiger partial charge in [-0.05, 0) is 37.3 Å². The first-order chi connectivity index (χ1) is 7.70. The number of ether oxygens (including phenoxy) is 1. The van der Waals surface area contributed by atoms with Gasteiger partial charge in [0.1, 0.15) is 18.2 Å². The molecule has 0 aromatic rings. The maximum Gasteiger partial charge on any atom is 0.235 e. The molecule has 0 bridgehead atoms. The van der Waals surface area contributed by atoms with E-state index < -0.39 is 0 Å². The van der Waals surface area contributed by atoms with Crippen molar-refractivity contribution in [2.75, 3.05) is 12.5 Å². The van der Waals surface area contributed by atoms with Gasteiger partial charge in [-0.2, -0.15) is 0 Å². The van der Waals surface area contributed by atoms with E-state index in [1.165, 1.54) is 11.1 Å². The summed E-state index contributed by atoms with van der Waals surface area (Å²) in [5, 5.41) is 2.86. The molecule has 1 amide bonds. The number of allylic oxidation sites excluding steroid dienone is 3. The van der Waals surface area contributed by atoms with Crippen LogP contribution in [0.2, 0.25) is 0 Å². The van der Waals surface area contributed by atoms with Crippen LogP contribution in [-0.2, 0) is 9.53 Å². The molecule has 1 unspecified atom stereocenters. The zero-order chi connectivity index (χ0) is 11.5. The Morgan fingerprint density at radius 1 is 1.69 bits per heavy atom. The van der Waals surface area contributed by atoms with Gasteiger partial charge in [-0.25, -0.2) is 0 Å². The molecule has 1 fully saturated rings. The van der Waals surface area contributed by atoms with E-state index in [0.717, 1.165) is 25.0 Å². The molecule has 16 heavy (non-hydrogen) atoms. The lowest BCUT2D eigenvalue weighted by atomic mass is 9.92. The van der Waals surface area contributed by atoms with Gasteiger partial charge in [0.2, 0.25) is 5.91 Å². The fraction of sp³-hybridized carbons (Fsp3) is 0.583. The summed E-state index contributed by atoms with van der Waals surface area (Å²) >= 11 is 5.45. The molecule has 3 nitrogen and oxygen atoms in total. The normalized spacial score (nSPS) is 24.4. The number of nitrogens with one attached hydrogen (secondary N) is 1. The van der Waals surface area contributed by atoms with Crippen molar-refractivity contribution in [2.45, 2.75) is 32.2 Å². The molecule has 1 aliphatic heterocycles. The molecule has 0 radical (unpaired) electrons. The molecule has 1 N–H and O–H groups in total. The van der Waals surface area contributed by atoms with E-state index in [2.05, 4.69) is 18.3 Å². The van der Waals surface area contributed by atoms with E-state index in [1.54, 1.807) is 0 Å². The highest BCUT2D eigenvalue weighted by Gasteiger charge is 2.25. The van der Waals surface area contributed by atoms with Crippen LogP contribution in [0.4, 0.5) is 0 Å². The third kappa shape index (κ3) is 2.40. The third-order valence-corrected chi connectivity index (χ3v) is 3.21. The summed E-state index contributed by atoms with van der Waals surface area (Å²) in [6, 6.07) is 0.0622. The molecule has 0 saturated carbocycles. The van der Waals surface area contributed by atoms with E-state index in [1.807, 2.05) is 0 Å². The Balaban J connectivity index is 2.01. The maximum atomic E-state index is 11.2. The van der Waals surface area contributed by atoms with Gasteiger partial charge in [-0.3, -0.25) is 4.79 Å². The lowest BCUT2D eigenvalue weighted by Gasteiger charge is -2.31. The van der Waals surface area contributed by atoms with E-state index in [0.29, 0.717) is 6.61 Å². The van der Waals surface area contributed by atoms with Gasteiger partial charge in [-0.15, -0.1) is 11.6 Å². The van der Waals surface area contributed by atoms with E-state index >= 15 is 0 Å². The number of amides is 1. The van der Waals surface area contributed by atoms with Gasteiger partial charge in [-0.1, -0.05) is 6.08 Å². The Morgan fingerprint density at radius 3 is 3.25 bits per heavy atom. The summed E-state index contributed by atoms with van der Waals surface area (Å²) in [5.41, 5.74) is 2.55. The highest BCUT2D eigenvalue weighted by molar-refractivity contribution is 6.27.